The number of aromatic nitrogens is 2. The summed E-state index contributed by atoms with van der Waals surface area (Å²) in [6.07, 6.45) is 12.2. The van der Waals surface area contributed by atoms with Gasteiger partial charge in [-0.2, -0.15) is 0 Å². The summed E-state index contributed by atoms with van der Waals surface area (Å²) in [4.78, 5) is 4.37. The van der Waals surface area contributed by atoms with E-state index < -0.39 is 9.52 Å². The van der Waals surface area contributed by atoms with Gasteiger partial charge in [0.1, 0.15) is 0 Å². The normalized spacial score (nSPS) is 13.6. The summed E-state index contributed by atoms with van der Waals surface area (Å²) < 4.78 is 2.32. The van der Waals surface area contributed by atoms with Crippen LogP contribution in [0.15, 0.2) is 152 Å². The Bertz CT molecular complexity index is 1390. The summed E-state index contributed by atoms with van der Waals surface area (Å²) in [5.41, 5.74) is 7.16. The van der Waals surface area contributed by atoms with Gasteiger partial charge < -0.3 is 4.57 Å². The van der Waals surface area contributed by atoms with E-state index in [4.69, 9.17) is 0 Å². The van der Waals surface area contributed by atoms with Crippen molar-refractivity contribution in [3.63, 3.8) is 0 Å². The molecule has 1 heterocycles. The van der Waals surface area contributed by atoms with Gasteiger partial charge in [0.15, 0.2) is 0 Å². The molecule has 206 valence electrons. The number of imidazole rings is 1. The highest BCUT2D eigenvalue weighted by Gasteiger charge is 2.37. The van der Waals surface area contributed by atoms with Gasteiger partial charge in [0.05, 0.1) is 21.0 Å². The van der Waals surface area contributed by atoms with E-state index >= 15 is 0 Å². The molecule has 1 saturated carbocycles. The van der Waals surface area contributed by atoms with Crippen LogP contribution < -0.4 is 10.9 Å². The molecule has 0 atom stereocenters. The molecule has 5 aromatic rings. The van der Waals surface area contributed by atoms with Gasteiger partial charge in [-0.05, 0) is 30.5 Å². The van der Waals surface area contributed by atoms with Crippen molar-refractivity contribution >= 4 is 27.2 Å². The molecule has 0 amide bonds. The highest BCUT2D eigenvalue weighted by atomic mass is 28.2. The maximum Gasteiger partial charge on any atom is 0.212 e. The van der Waals surface area contributed by atoms with Crippen molar-refractivity contribution in [2.45, 2.75) is 50.1 Å². The van der Waals surface area contributed by atoms with Gasteiger partial charge >= 0.3 is 0 Å². The van der Waals surface area contributed by atoms with Crippen molar-refractivity contribution < 1.29 is 0 Å². The number of benzene rings is 4. The summed E-state index contributed by atoms with van der Waals surface area (Å²) in [5, 5.41) is -0.109. The molecule has 1 fully saturated rings. The number of nitrogens with zero attached hydrogens (tertiary/aromatic N) is 2. The van der Waals surface area contributed by atoms with Gasteiger partial charge in [-0.1, -0.05) is 169 Å². The molecule has 6 rings (SSSR count). The molecule has 0 bridgehead atoms. The molecule has 1 aliphatic rings. The molecule has 0 saturated heterocycles. The molecular formula is C37H41BN2Si. The molecule has 4 heteroatoms. The van der Waals surface area contributed by atoms with Crippen molar-refractivity contribution in [2.24, 2.45) is 0 Å². The molecular weight excluding hydrogens is 511 g/mol. The number of rotatable bonds is 10. The smallest absolute Gasteiger partial charge is 0.212 e. The largest absolute Gasteiger partial charge is 0.327 e. The molecule has 0 N–H and O–H groups in total. The van der Waals surface area contributed by atoms with Crippen LogP contribution in [-0.4, -0.2) is 25.8 Å². The van der Waals surface area contributed by atoms with Gasteiger partial charge in [-0.3, -0.25) is 0 Å². The summed E-state index contributed by atoms with van der Waals surface area (Å²) in [6, 6.07) is 44.8. The second-order valence-electron chi connectivity index (χ2n) is 11.2. The Labute approximate surface area is 249 Å². The van der Waals surface area contributed by atoms with Crippen LogP contribution in [0.1, 0.15) is 44.2 Å². The predicted octanol–water partition coefficient (Wildman–Crippen LogP) is 7.04. The second-order valence-corrected chi connectivity index (χ2v) is 13.2. The maximum atomic E-state index is 4.37. The first-order valence-electron chi connectivity index (χ1n) is 15.1. The third-order valence-electron chi connectivity index (χ3n) is 8.29. The highest BCUT2D eigenvalue weighted by Crippen LogP contribution is 2.38. The number of hydrogen-bond donors (Lipinski definition) is 0. The zero-order chi connectivity index (χ0) is 28.3. The highest BCUT2D eigenvalue weighted by molar-refractivity contribution is 6.86. The molecule has 1 aromatic heterocycles. The van der Waals surface area contributed by atoms with Gasteiger partial charge in [0.25, 0.3) is 0 Å². The van der Waals surface area contributed by atoms with Crippen LogP contribution in [0.5, 0.6) is 0 Å². The Morgan fingerprint density at radius 1 is 0.805 bits per heavy atom. The van der Waals surface area contributed by atoms with E-state index in [1.54, 1.807) is 0 Å². The number of hydrogen-bond acceptors (Lipinski definition) is 1. The number of allylic oxidation sites excluding steroid dienone is 2. The standard InChI is InChI=1S/C22H26N2Si.C15H15B/c1-3-10-19(2)17-25-22(24-16-15-23-18-24,20-11-6-4-7-12-20)21-13-8-5-9-14-21;1-3-7-13(8-4-1)16(15-11-12-15)14-9-5-2-6-10-14/h4-16,18H,3,17,25H2,1-2H3;1-10,15H,11-12H2. The molecule has 0 aliphatic heterocycles. The first-order chi connectivity index (χ1) is 20.2. The quantitative estimate of drug-likeness (QED) is 0.134. The van der Waals surface area contributed by atoms with E-state index in [1.165, 1.54) is 46.5 Å². The summed E-state index contributed by atoms with van der Waals surface area (Å²) in [7, 11) is -0.560. The van der Waals surface area contributed by atoms with Crippen molar-refractivity contribution in [3.05, 3.63) is 163 Å². The van der Waals surface area contributed by atoms with E-state index in [-0.39, 0.29) is 5.16 Å². The Hall–Kier alpha value is -3.89. The summed E-state index contributed by atoms with van der Waals surface area (Å²) in [6.45, 7) is 5.09. The van der Waals surface area contributed by atoms with E-state index in [1.807, 2.05) is 12.5 Å². The second kappa shape index (κ2) is 14.1. The lowest BCUT2D eigenvalue weighted by Gasteiger charge is -2.37. The van der Waals surface area contributed by atoms with Crippen LogP contribution in [0.4, 0.5) is 0 Å². The molecule has 41 heavy (non-hydrogen) atoms. The lowest BCUT2D eigenvalue weighted by Crippen LogP contribution is -2.42. The predicted molar refractivity (Wildman–Crippen MR) is 180 cm³/mol. The fraction of sp³-hybridized carbons (Fsp3) is 0.216. The van der Waals surface area contributed by atoms with Gasteiger partial charge in [-0.25, -0.2) is 4.98 Å². The van der Waals surface area contributed by atoms with E-state index in [9.17, 15) is 0 Å². The Kier molecular flexibility index (Phi) is 9.88. The van der Waals surface area contributed by atoms with Crippen LogP contribution >= 0.6 is 0 Å². The third kappa shape index (κ3) is 7.07. The van der Waals surface area contributed by atoms with Crippen molar-refractivity contribution in [2.75, 3.05) is 0 Å². The van der Waals surface area contributed by atoms with Gasteiger partial charge in [-0.15, -0.1) is 0 Å². The Morgan fingerprint density at radius 2 is 1.29 bits per heavy atom. The van der Waals surface area contributed by atoms with E-state index in [0.29, 0.717) is 6.71 Å². The van der Waals surface area contributed by atoms with Crippen LogP contribution in [0.2, 0.25) is 11.9 Å². The molecule has 0 spiro atoms. The minimum Gasteiger partial charge on any atom is -0.327 e. The Balaban J connectivity index is 0.000000181. The van der Waals surface area contributed by atoms with E-state index in [2.05, 4.69) is 157 Å². The zero-order valence-corrected chi connectivity index (χ0v) is 25.9. The topological polar surface area (TPSA) is 17.8 Å². The first-order valence-corrected chi connectivity index (χ1v) is 16.8. The molecule has 2 nitrogen and oxygen atoms in total. The summed E-state index contributed by atoms with van der Waals surface area (Å²) in [5.74, 6) is 0.866. The average molecular weight is 553 g/mol. The zero-order valence-electron chi connectivity index (χ0n) is 24.4. The lowest BCUT2D eigenvalue weighted by molar-refractivity contribution is 0.592. The molecule has 4 aromatic carbocycles. The minimum absolute atomic E-state index is 0.109. The van der Waals surface area contributed by atoms with Gasteiger partial charge in [0.2, 0.25) is 6.71 Å². The summed E-state index contributed by atoms with van der Waals surface area (Å²) >= 11 is 0. The lowest BCUT2D eigenvalue weighted by atomic mass is 9.37. The fourth-order valence-electron chi connectivity index (χ4n) is 6.11. The third-order valence-corrected chi connectivity index (χ3v) is 11.2. The fourth-order valence-corrected chi connectivity index (χ4v) is 8.57. The first kappa shape index (κ1) is 28.6. The monoisotopic (exact) mass is 552 g/mol. The van der Waals surface area contributed by atoms with Crippen LogP contribution in [-0.2, 0) is 5.16 Å². The molecule has 0 radical (unpaired) electrons. The van der Waals surface area contributed by atoms with Crippen LogP contribution in [0.3, 0.4) is 0 Å². The SMILES string of the molecule is CCC=C(C)C[SiH2]C(c1ccccc1)(c1ccccc1)n1ccnc1.c1ccc(B(c2ccccc2)C2CC2)cc1. The average Bonchev–Trinajstić information content (AvgIpc) is 3.71. The van der Waals surface area contributed by atoms with Gasteiger partial charge in [0, 0.05) is 12.4 Å². The molecule has 1 aliphatic carbocycles. The Morgan fingerprint density at radius 3 is 1.71 bits per heavy atom. The maximum absolute atomic E-state index is 4.37. The minimum atomic E-state index is -0.560. The molecule has 0 unspecified atom stereocenters. The van der Waals surface area contributed by atoms with Crippen molar-refractivity contribution in [3.8, 4) is 0 Å². The van der Waals surface area contributed by atoms with E-state index in [0.717, 1.165) is 12.2 Å². The van der Waals surface area contributed by atoms with Crippen LogP contribution in [0, 0.1) is 0 Å². The van der Waals surface area contributed by atoms with Crippen LogP contribution in [0.25, 0.3) is 0 Å². The van der Waals surface area contributed by atoms with Crippen molar-refractivity contribution in [1.82, 2.24) is 9.55 Å². The van der Waals surface area contributed by atoms with Crippen molar-refractivity contribution in [1.29, 1.82) is 0 Å².